The smallest absolute Gasteiger partial charge is 0.344 e. The number of hydrogen-bond acceptors (Lipinski definition) is 5. The SMILES string of the molecule is C[C@@H]1CN(C(=O)COC(=O)COc2cc(Cl)c(Cl)cc2Cl)C[C@@H](C)O1. The van der Waals surface area contributed by atoms with E-state index in [-0.39, 0.29) is 45.5 Å². The molecule has 0 bridgehead atoms. The van der Waals surface area contributed by atoms with Gasteiger partial charge in [-0.3, -0.25) is 4.79 Å². The molecule has 0 saturated carbocycles. The second-order valence-corrected chi connectivity index (χ2v) is 6.92. The Kier molecular flexibility index (Phi) is 7.19. The first-order valence-corrected chi connectivity index (χ1v) is 8.76. The molecule has 1 heterocycles. The summed E-state index contributed by atoms with van der Waals surface area (Å²) >= 11 is 17.6. The van der Waals surface area contributed by atoms with Gasteiger partial charge in [-0.15, -0.1) is 0 Å². The fourth-order valence-corrected chi connectivity index (χ4v) is 3.00. The van der Waals surface area contributed by atoms with E-state index < -0.39 is 12.6 Å². The molecule has 0 aliphatic carbocycles. The molecule has 1 amide bonds. The van der Waals surface area contributed by atoms with Crippen molar-refractivity contribution in [1.82, 2.24) is 4.90 Å². The normalized spacial score (nSPS) is 20.3. The van der Waals surface area contributed by atoms with Crippen molar-refractivity contribution in [3.8, 4) is 5.75 Å². The number of hydrogen-bond donors (Lipinski definition) is 0. The number of ether oxygens (including phenoxy) is 3. The summed E-state index contributed by atoms with van der Waals surface area (Å²) in [5, 5.41) is 0.746. The van der Waals surface area contributed by atoms with E-state index in [1.54, 1.807) is 4.90 Å². The maximum Gasteiger partial charge on any atom is 0.344 e. The molecule has 1 aromatic carbocycles. The van der Waals surface area contributed by atoms with Crippen LogP contribution >= 0.6 is 34.8 Å². The van der Waals surface area contributed by atoms with Gasteiger partial charge < -0.3 is 19.1 Å². The molecule has 6 nitrogen and oxygen atoms in total. The lowest BCUT2D eigenvalue weighted by Gasteiger charge is -2.35. The van der Waals surface area contributed by atoms with Crippen LogP contribution in [0.5, 0.6) is 5.75 Å². The monoisotopic (exact) mass is 409 g/mol. The number of nitrogens with zero attached hydrogens (tertiary/aromatic N) is 1. The Bertz CT molecular complexity index is 645. The summed E-state index contributed by atoms with van der Waals surface area (Å²) in [5.41, 5.74) is 0. The summed E-state index contributed by atoms with van der Waals surface area (Å²) in [4.78, 5) is 25.5. The Balaban J connectivity index is 1.79. The van der Waals surface area contributed by atoms with Gasteiger partial charge in [-0.2, -0.15) is 0 Å². The highest BCUT2D eigenvalue weighted by Crippen LogP contribution is 2.33. The van der Waals surface area contributed by atoms with Gasteiger partial charge in [0.25, 0.3) is 5.91 Å². The van der Waals surface area contributed by atoms with Crippen LogP contribution in [0.3, 0.4) is 0 Å². The van der Waals surface area contributed by atoms with Crippen LogP contribution in [0, 0.1) is 0 Å². The molecule has 0 unspecified atom stereocenters. The van der Waals surface area contributed by atoms with E-state index in [1.807, 2.05) is 13.8 Å². The first-order chi connectivity index (χ1) is 11.8. The minimum atomic E-state index is -0.690. The van der Waals surface area contributed by atoms with Gasteiger partial charge in [-0.25, -0.2) is 4.79 Å². The van der Waals surface area contributed by atoms with Gasteiger partial charge in [0.1, 0.15) is 5.75 Å². The van der Waals surface area contributed by atoms with Gasteiger partial charge in [-0.05, 0) is 19.9 Å². The molecule has 1 fully saturated rings. The highest BCUT2D eigenvalue weighted by Gasteiger charge is 2.26. The quantitative estimate of drug-likeness (QED) is 0.551. The molecule has 25 heavy (non-hydrogen) atoms. The van der Waals surface area contributed by atoms with Gasteiger partial charge in [0, 0.05) is 19.2 Å². The maximum absolute atomic E-state index is 12.1. The van der Waals surface area contributed by atoms with Crippen LogP contribution in [0.25, 0.3) is 0 Å². The van der Waals surface area contributed by atoms with Crippen LogP contribution in [0.1, 0.15) is 13.8 Å². The summed E-state index contributed by atoms with van der Waals surface area (Å²) < 4.78 is 15.8. The Morgan fingerprint density at radius 3 is 2.32 bits per heavy atom. The lowest BCUT2D eigenvalue weighted by Crippen LogP contribution is -2.49. The van der Waals surface area contributed by atoms with Crippen molar-refractivity contribution in [1.29, 1.82) is 0 Å². The van der Waals surface area contributed by atoms with Crippen LogP contribution in [-0.4, -0.2) is 55.3 Å². The predicted molar refractivity (Wildman–Crippen MR) is 94.5 cm³/mol. The predicted octanol–water partition coefficient (Wildman–Crippen LogP) is 3.20. The molecule has 0 radical (unpaired) electrons. The van der Waals surface area contributed by atoms with E-state index in [0.29, 0.717) is 13.1 Å². The summed E-state index contributed by atoms with van der Waals surface area (Å²) in [6.45, 7) is 3.96. The molecule has 1 aliphatic heterocycles. The van der Waals surface area contributed by atoms with E-state index in [1.165, 1.54) is 12.1 Å². The second-order valence-electron chi connectivity index (χ2n) is 5.70. The first kappa shape index (κ1) is 20.1. The minimum Gasteiger partial charge on any atom is -0.480 e. The van der Waals surface area contributed by atoms with Gasteiger partial charge in [0.2, 0.25) is 0 Å². The van der Waals surface area contributed by atoms with Crippen molar-refractivity contribution in [2.45, 2.75) is 26.1 Å². The largest absolute Gasteiger partial charge is 0.480 e. The third kappa shape index (κ3) is 5.92. The minimum absolute atomic E-state index is 0.0523. The van der Waals surface area contributed by atoms with Crippen LogP contribution < -0.4 is 4.74 Å². The average molecular weight is 411 g/mol. The summed E-state index contributed by atoms with van der Waals surface area (Å²) in [7, 11) is 0. The zero-order valence-electron chi connectivity index (χ0n) is 13.8. The summed E-state index contributed by atoms with van der Waals surface area (Å²) in [6, 6.07) is 2.82. The van der Waals surface area contributed by atoms with E-state index in [0.717, 1.165) is 0 Å². The number of amides is 1. The molecular weight excluding hydrogens is 393 g/mol. The molecule has 9 heteroatoms. The Morgan fingerprint density at radius 1 is 1.08 bits per heavy atom. The van der Waals surface area contributed by atoms with Gasteiger partial charge in [-0.1, -0.05) is 34.8 Å². The number of carbonyl (C=O) groups is 2. The molecule has 1 saturated heterocycles. The zero-order valence-corrected chi connectivity index (χ0v) is 16.0. The van der Waals surface area contributed by atoms with Crippen molar-refractivity contribution >= 4 is 46.7 Å². The lowest BCUT2D eigenvalue weighted by atomic mass is 10.2. The van der Waals surface area contributed by atoms with Crippen molar-refractivity contribution in [3.63, 3.8) is 0 Å². The summed E-state index contributed by atoms with van der Waals surface area (Å²) in [5.74, 6) is -0.761. The Morgan fingerprint density at radius 2 is 1.68 bits per heavy atom. The van der Waals surface area contributed by atoms with Gasteiger partial charge in [0.05, 0.1) is 27.3 Å². The van der Waals surface area contributed by atoms with E-state index >= 15 is 0 Å². The second kappa shape index (κ2) is 8.94. The van der Waals surface area contributed by atoms with Crippen LogP contribution in [0.2, 0.25) is 15.1 Å². The number of halogens is 3. The number of carbonyl (C=O) groups excluding carboxylic acids is 2. The Labute approximate surface area is 160 Å². The van der Waals surface area contributed by atoms with E-state index in [9.17, 15) is 9.59 Å². The van der Waals surface area contributed by atoms with Crippen molar-refractivity contribution in [2.75, 3.05) is 26.3 Å². The van der Waals surface area contributed by atoms with Gasteiger partial charge >= 0.3 is 5.97 Å². The van der Waals surface area contributed by atoms with E-state index in [4.69, 9.17) is 49.0 Å². The molecule has 2 rings (SSSR count). The number of benzene rings is 1. The molecule has 138 valence electrons. The highest BCUT2D eigenvalue weighted by molar-refractivity contribution is 6.43. The number of esters is 1. The molecular formula is C16H18Cl3NO5. The molecule has 1 aromatic rings. The molecule has 2 atom stereocenters. The number of morpholine rings is 1. The van der Waals surface area contributed by atoms with Crippen LogP contribution in [-0.2, 0) is 19.1 Å². The zero-order chi connectivity index (χ0) is 18.6. The molecule has 0 spiro atoms. The number of rotatable bonds is 5. The Hall–Kier alpha value is -1.21. The molecule has 0 N–H and O–H groups in total. The molecule has 1 aliphatic rings. The third-order valence-electron chi connectivity index (χ3n) is 3.45. The summed E-state index contributed by atoms with van der Waals surface area (Å²) in [6.07, 6.45) is -0.105. The first-order valence-electron chi connectivity index (χ1n) is 7.62. The topological polar surface area (TPSA) is 65.1 Å². The third-order valence-corrected chi connectivity index (χ3v) is 4.47. The molecule has 0 aromatic heterocycles. The maximum atomic E-state index is 12.1. The average Bonchev–Trinajstić information content (AvgIpc) is 2.53. The highest BCUT2D eigenvalue weighted by atomic mass is 35.5. The van der Waals surface area contributed by atoms with E-state index in [2.05, 4.69) is 0 Å². The van der Waals surface area contributed by atoms with Crippen LogP contribution in [0.15, 0.2) is 12.1 Å². The van der Waals surface area contributed by atoms with Crippen molar-refractivity contribution in [2.24, 2.45) is 0 Å². The fourth-order valence-electron chi connectivity index (χ4n) is 2.41. The lowest BCUT2D eigenvalue weighted by molar-refractivity contribution is -0.158. The standard InChI is InChI=1S/C16H18Cl3NO5/c1-9-5-20(6-10(2)25-9)15(21)7-24-16(22)8-23-14-4-12(18)11(17)3-13(14)19/h3-4,9-10H,5-8H2,1-2H3/t9-,10-/m1/s1. The van der Waals surface area contributed by atoms with Crippen molar-refractivity contribution in [3.05, 3.63) is 27.2 Å². The van der Waals surface area contributed by atoms with Crippen LogP contribution in [0.4, 0.5) is 0 Å². The van der Waals surface area contributed by atoms with Gasteiger partial charge in [0.15, 0.2) is 13.2 Å². The fraction of sp³-hybridized carbons (Fsp3) is 0.500. The van der Waals surface area contributed by atoms with Crippen molar-refractivity contribution < 1.29 is 23.8 Å².